The molecular formula is C31H30FN7O3. The smallest absolute Gasteiger partial charge is 0.322 e. The fraction of sp³-hybridized carbons (Fsp3) is 0.258. The van der Waals surface area contributed by atoms with Crippen LogP contribution in [0, 0.1) is 24.6 Å². The van der Waals surface area contributed by atoms with Gasteiger partial charge in [-0.3, -0.25) is 4.79 Å². The van der Waals surface area contributed by atoms with Gasteiger partial charge < -0.3 is 25.0 Å². The fourth-order valence-electron chi connectivity index (χ4n) is 4.67. The highest BCUT2D eigenvalue weighted by molar-refractivity contribution is 6.04. The predicted molar refractivity (Wildman–Crippen MR) is 158 cm³/mol. The van der Waals surface area contributed by atoms with Crippen molar-refractivity contribution in [1.29, 1.82) is 0 Å². The van der Waals surface area contributed by atoms with Crippen LogP contribution in [0.4, 0.5) is 16.0 Å². The Balaban J connectivity index is 1.54. The third-order valence-electron chi connectivity index (χ3n) is 6.68. The summed E-state index contributed by atoms with van der Waals surface area (Å²) in [6, 6.07) is 11.8. The van der Waals surface area contributed by atoms with E-state index in [1.54, 1.807) is 56.6 Å². The number of aryl methyl sites for hydroxylation is 1. The van der Waals surface area contributed by atoms with Crippen LogP contribution in [-0.2, 0) is 4.79 Å². The SMILES string of the molecule is CC#CC(=O)Nc1ccc(-c2nc(NC3CCN(C)C3)ncc2-c2ccc(Oc3nccc(C)n3)c(F)c2)c(OC)c1. The predicted octanol–water partition coefficient (Wildman–Crippen LogP) is 4.93. The lowest BCUT2D eigenvalue weighted by Crippen LogP contribution is -2.24. The number of anilines is 2. The minimum Gasteiger partial charge on any atom is -0.496 e. The van der Waals surface area contributed by atoms with Gasteiger partial charge >= 0.3 is 6.01 Å². The first-order chi connectivity index (χ1) is 20.3. The summed E-state index contributed by atoms with van der Waals surface area (Å²) in [5.74, 6) is 4.90. The molecule has 10 nitrogen and oxygen atoms in total. The number of aromatic nitrogens is 4. The highest BCUT2D eigenvalue weighted by Gasteiger charge is 2.22. The maximum absolute atomic E-state index is 15.3. The van der Waals surface area contributed by atoms with Crippen LogP contribution in [-0.4, -0.2) is 64.0 Å². The topological polar surface area (TPSA) is 114 Å². The summed E-state index contributed by atoms with van der Waals surface area (Å²) in [5.41, 5.74) is 3.48. The van der Waals surface area contributed by atoms with Gasteiger partial charge in [0.25, 0.3) is 5.91 Å². The first-order valence-corrected chi connectivity index (χ1v) is 13.3. The van der Waals surface area contributed by atoms with E-state index in [2.05, 4.69) is 49.4 Å². The number of nitrogens with one attached hydrogen (secondary N) is 2. The summed E-state index contributed by atoms with van der Waals surface area (Å²) >= 11 is 0. The van der Waals surface area contributed by atoms with Gasteiger partial charge in [-0.2, -0.15) is 0 Å². The van der Waals surface area contributed by atoms with Crippen LogP contribution in [0.3, 0.4) is 0 Å². The standard InChI is InChI=1S/C31H30FN7O3/c1-5-6-28(40)36-21-8-9-23(27(16-21)41-4)29-24(17-34-30(38-29)37-22-12-14-39(3)18-22)20-7-10-26(25(32)15-20)42-31-33-13-11-19(2)35-31/h7-11,13,15-17,22H,12,14,18H2,1-4H3,(H,36,40)(H,34,37,38). The average molecular weight is 568 g/mol. The van der Waals surface area contributed by atoms with Crippen molar-refractivity contribution in [2.45, 2.75) is 26.3 Å². The molecule has 1 unspecified atom stereocenters. The van der Waals surface area contributed by atoms with Gasteiger partial charge in [0.15, 0.2) is 11.6 Å². The van der Waals surface area contributed by atoms with Crippen LogP contribution < -0.4 is 20.1 Å². The number of hydrogen-bond acceptors (Lipinski definition) is 9. The fourth-order valence-corrected chi connectivity index (χ4v) is 4.67. The molecule has 4 aromatic rings. The van der Waals surface area contributed by atoms with Gasteiger partial charge in [0.1, 0.15) is 5.75 Å². The van der Waals surface area contributed by atoms with Crippen molar-refractivity contribution in [2.24, 2.45) is 0 Å². The third kappa shape index (κ3) is 6.62. The molecule has 0 aliphatic carbocycles. The molecule has 1 amide bonds. The zero-order valence-corrected chi connectivity index (χ0v) is 23.7. The van der Waals surface area contributed by atoms with E-state index < -0.39 is 11.7 Å². The Morgan fingerprint density at radius 3 is 2.67 bits per heavy atom. The van der Waals surface area contributed by atoms with Gasteiger partial charge in [0, 0.05) is 53.6 Å². The average Bonchev–Trinajstić information content (AvgIpc) is 3.38. The molecule has 2 aromatic heterocycles. The molecule has 2 N–H and O–H groups in total. The van der Waals surface area contributed by atoms with Crippen molar-refractivity contribution >= 4 is 17.5 Å². The Morgan fingerprint density at radius 2 is 1.95 bits per heavy atom. The summed E-state index contributed by atoms with van der Waals surface area (Å²) in [7, 11) is 3.60. The van der Waals surface area contributed by atoms with E-state index in [-0.39, 0.29) is 17.8 Å². The van der Waals surface area contributed by atoms with Crippen molar-refractivity contribution in [3.8, 4) is 51.7 Å². The minimum atomic E-state index is -0.596. The van der Waals surface area contributed by atoms with Crippen LogP contribution in [0.15, 0.2) is 54.9 Å². The quantitative estimate of drug-likeness (QED) is 0.286. The first-order valence-electron chi connectivity index (χ1n) is 13.3. The second kappa shape index (κ2) is 12.6. The zero-order chi connectivity index (χ0) is 29.6. The number of carbonyl (C=O) groups excluding carboxylic acids is 1. The molecule has 1 fully saturated rings. The van der Waals surface area contributed by atoms with Crippen LogP contribution in [0.2, 0.25) is 0 Å². The molecule has 0 radical (unpaired) electrons. The number of likely N-dealkylation sites (N-methyl/N-ethyl adjacent to an activating group) is 1. The van der Waals surface area contributed by atoms with Crippen LogP contribution in [0.1, 0.15) is 19.0 Å². The molecule has 2 aromatic carbocycles. The Kier molecular flexibility index (Phi) is 8.55. The van der Waals surface area contributed by atoms with E-state index in [4.69, 9.17) is 14.5 Å². The largest absolute Gasteiger partial charge is 0.496 e. The van der Waals surface area contributed by atoms with Crippen molar-refractivity contribution in [3.63, 3.8) is 0 Å². The van der Waals surface area contributed by atoms with Crippen molar-refractivity contribution in [2.75, 3.05) is 37.9 Å². The molecule has 0 bridgehead atoms. The third-order valence-corrected chi connectivity index (χ3v) is 6.68. The Bertz CT molecular complexity index is 1690. The second-order valence-corrected chi connectivity index (χ2v) is 9.82. The lowest BCUT2D eigenvalue weighted by molar-refractivity contribution is -0.111. The molecule has 1 atom stereocenters. The zero-order valence-electron chi connectivity index (χ0n) is 23.7. The second-order valence-electron chi connectivity index (χ2n) is 9.82. The van der Waals surface area contributed by atoms with Crippen LogP contribution in [0.5, 0.6) is 17.5 Å². The van der Waals surface area contributed by atoms with E-state index in [1.807, 2.05) is 0 Å². The van der Waals surface area contributed by atoms with Crippen molar-refractivity contribution < 1.29 is 18.7 Å². The molecule has 1 aliphatic heterocycles. The monoisotopic (exact) mass is 567 g/mol. The van der Waals surface area contributed by atoms with Gasteiger partial charge in [0.2, 0.25) is 5.95 Å². The van der Waals surface area contributed by atoms with E-state index >= 15 is 4.39 Å². The van der Waals surface area contributed by atoms with Crippen LogP contribution in [0.25, 0.3) is 22.4 Å². The maximum Gasteiger partial charge on any atom is 0.322 e. The molecule has 214 valence electrons. The van der Waals surface area contributed by atoms with E-state index in [0.717, 1.165) is 19.5 Å². The first kappa shape index (κ1) is 28.4. The molecule has 1 saturated heterocycles. The lowest BCUT2D eigenvalue weighted by Gasteiger charge is -2.17. The van der Waals surface area contributed by atoms with Crippen molar-refractivity contribution in [3.05, 3.63) is 66.4 Å². The number of nitrogens with zero attached hydrogens (tertiary/aromatic N) is 5. The highest BCUT2D eigenvalue weighted by Crippen LogP contribution is 2.39. The number of methoxy groups -OCH3 is 1. The molecule has 11 heteroatoms. The number of halogens is 1. The summed E-state index contributed by atoms with van der Waals surface area (Å²) in [5, 5.41) is 6.14. The maximum atomic E-state index is 15.3. The Morgan fingerprint density at radius 1 is 1.10 bits per heavy atom. The van der Waals surface area contributed by atoms with Crippen molar-refractivity contribution in [1.82, 2.24) is 24.8 Å². The van der Waals surface area contributed by atoms with E-state index in [9.17, 15) is 4.79 Å². The minimum absolute atomic E-state index is 0.0108. The van der Waals surface area contributed by atoms with Gasteiger partial charge in [-0.15, -0.1) is 0 Å². The molecule has 3 heterocycles. The number of amides is 1. The summed E-state index contributed by atoms with van der Waals surface area (Å²) in [6.45, 7) is 5.24. The molecule has 1 aliphatic rings. The molecular weight excluding hydrogens is 537 g/mol. The normalized spacial score (nSPS) is 14.5. The number of carbonyl (C=O) groups is 1. The van der Waals surface area contributed by atoms with Gasteiger partial charge in [-0.25, -0.2) is 24.3 Å². The Hall–Kier alpha value is -5.08. The van der Waals surface area contributed by atoms with Crippen LogP contribution >= 0.6 is 0 Å². The van der Waals surface area contributed by atoms with Gasteiger partial charge in [-0.05, 0) is 75.7 Å². The summed E-state index contributed by atoms with van der Waals surface area (Å²) < 4.78 is 26.6. The number of likely N-dealkylation sites (tertiary alicyclic amines) is 1. The molecule has 0 saturated carbocycles. The molecule has 42 heavy (non-hydrogen) atoms. The van der Waals surface area contributed by atoms with E-state index in [1.165, 1.54) is 19.2 Å². The van der Waals surface area contributed by atoms with Gasteiger partial charge in [-0.1, -0.05) is 12.0 Å². The highest BCUT2D eigenvalue weighted by atomic mass is 19.1. The lowest BCUT2D eigenvalue weighted by atomic mass is 9.99. The van der Waals surface area contributed by atoms with Gasteiger partial charge in [0.05, 0.1) is 12.8 Å². The molecule has 5 rings (SSSR count). The Labute approximate surface area is 243 Å². The molecule has 0 spiro atoms. The number of hydrogen-bond donors (Lipinski definition) is 2. The number of ether oxygens (including phenoxy) is 2. The number of rotatable bonds is 8. The van der Waals surface area contributed by atoms with E-state index in [0.29, 0.717) is 45.5 Å². The summed E-state index contributed by atoms with van der Waals surface area (Å²) in [4.78, 5) is 31.9. The number of benzene rings is 2. The summed E-state index contributed by atoms with van der Waals surface area (Å²) in [6.07, 6.45) is 4.18.